The van der Waals surface area contributed by atoms with Crippen LogP contribution in [-0.2, 0) is 20.1 Å². The summed E-state index contributed by atoms with van der Waals surface area (Å²) in [5.74, 6) is -1.38. The molecule has 0 heterocycles. The van der Waals surface area contributed by atoms with E-state index in [2.05, 4.69) is 21.2 Å². The molecule has 27 heavy (non-hydrogen) atoms. The summed E-state index contributed by atoms with van der Waals surface area (Å²) in [6.07, 6.45) is -0.894. The summed E-state index contributed by atoms with van der Waals surface area (Å²) in [4.78, 5) is 12.3. The van der Waals surface area contributed by atoms with Crippen molar-refractivity contribution in [3.63, 3.8) is 0 Å². The Morgan fingerprint density at radius 3 is 2.30 bits per heavy atom. The minimum Gasteiger partial charge on any atom is -0.444 e. The number of nitrogens with one attached hydrogen (secondary N) is 1. The van der Waals surface area contributed by atoms with Crippen LogP contribution < -0.4 is 5.32 Å². The molecule has 150 valence electrons. The number of hydrogen-bond acceptors (Lipinski definition) is 5. The van der Waals surface area contributed by atoms with Gasteiger partial charge in [0.25, 0.3) is 0 Å². The number of carbonyl (C=O) groups is 1. The Balaban J connectivity index is 3.47. The van der Waals surface area contributed by atoms with Gasteiger partial charge in [-0.25, -0.2) is 17.6 Å². The Bertz CT molecular complexity index is 872. The number of nitrogens with zero attached hydrogens (tertiary/aromatic N) is 1. The van der Waals surface area contributed by atoms with Crippen molar-refractivity contribution in [3.05, 3.63) is 34.1 Å². The van der Waals surface area contributed by atoms with E-state index in [0.29, 0.717) is 4.47 Å². The molecular formula is C18H24BrFN2O4S. The number of amides is 1. The van der Waals surface area contributed by atoms with Gasteiger partial charge in [-0.1, -0.05) is 15.9 Å². The third-order valence-corrected chi connectivity index (χ3v) is 6.92. The van der Waals surface area contributed by atoms with Gasteiger partial charge in [-0.05, 0) is 59.7 Å². The number of ether oxygens (including phenoxy) is 1. The molecule has 6 nitrogen and oxygen atoms in total. The van der Waals surface area contributed by atoms with E-state index >= 15 is 0 Å². The highest BCUT2D eigenvalue weighted by Gasteiger charge is 2.44. The lowest BCUT2D eigenvalue weighted by Gasteiger charge is -2.34. The third-order valence-electron chi connectivity index (χ3n) is 3.83. The molecule has 1 rings (SSSR count). The first-order chi connectivity index (χ1) is 12.0. The van der Waals surface area contributed by atoms with E-state index < -0.39 is 43.4 Å². The number of benzene rings is 1. The van der Waals surface area contributed by atoms with Gasteiger partial charge in [0.1, 0.15) is 11.4 Å². The number of sulfone groups is 1. The number of rotatable bonds is 5. The average Bonchev–Trinajstić information content (AvgIpc) is 2.46. The van der Waals surface area contributed by atoms with Gasteiger partial charge in [0, 0.05) is 10.0 Å². The summed E-state index contributed by atoms with van der Waals surface area (Å²) < 4.78 is 44.1. The van der Waals surface area contributed by atoms with Gasteiger partial charge < -0.3 is 10.1 Å². The Morgan fingerprint density at radius 2 is 1.81 bits per heavy atom. The Morgan fingerprint density at radius 1 is 1.26 bits per heavy atom. The first kappa shape index (κ1) is 23.4. The van der Waals surface area contributed by atoms with Crippen LogP contribution >= 0.6 is 15.9 Å². The molecule has 0 bridgehead atoms. The normalized spacial score (nSPS) is 14.8. The number of hydrogen-bond donors (Lipinski definition) is 1. The highest BCUT2D eigenvalue weighted by Crippen LogP contribution is 2.31. The Labute approximate surface area is 168 Å². The molecule has 0 aliphatic heterocycles. The fraction of sp³-hybridized carbons (Fsp3) is 0.556. The lowest BCUT2D eigenvalue weighted by Crippen LogP contribution is -2.52. The summed E-state index contributed by atoms with van der Waals surface area (Å²) in [5.41, 5.74) is -2.53. The maximum atomic E-state index is 14.5. The highest BCUT2D eigenvalue weighted by atomic mass is 79.9. The van der Waals surface area contributed by atoms with Crippen molar-refractivity contribution in [2.45, 2.75) is 57.4 Å². The van der Waals surface area contributed by atoms with Crippen LogP contribution in [-0.4, -0.2) is 30.6 Å². The van der Waals surface area contributed by atoms with E-state index in [-0.39, 0.29) is 5.56 Å². The van der Waals surface area contributed by atoms with Crippen LogP contribution in [0.4, 0.5) is 9.18 Å². The second-order valence-corrected chi connectivity index (χ2v) is 11.4. The predicted octanol–water partition coefficient (Wildman–Crippen LogP) is 4.05. The Kier molecular flexibility index (Phi) is 6.72. The van der Waals surface area contributed by atoms with Crippen molar-refractivity contribution in [1.82, 2.24) is 5.32 Å². The maximum absolute atomic E-state index is 14.5. The molecule has 0 aliphatic carbocycles. The van der Waals surface area contributed by atoms with Crippen molar-refractivity contribution in [2.75, 3.05) is 5.75 Å². The van der Waals surface area contributed by atoms with E-state index in [1.54, 1.807) is 26.8 Å². The fourth-order valence-electron chi connectivity index (χ4n) is 2.26. The van der Waals surface area contributed by atoms with Crippen LogP contribution in [0.25, 0.3) is 0 Å². The van der Waals surface area contributed by atoms with Crippen LogP contribution in [0.2, 0.25) is 0 Å². The molecule has 1 atom stereocenters. The fourth-order valence-corrected chi connectivity index (χ4v) is 4.11. The van der Waals surface area contributed by atoms with Gasteiger partial charge in [0.05, 0.1) is 17.4 Å². The SMILES string of the molecule is CC(C)(C)OC(=O)N[C@@](C)(CS(=O)(=O)C(C)(C)C#N)c1cc(Br)ccc1F. The number of halogens is 2. The van der Waals surface area contributed by atoms with Gasteiger partial charge in [0.2, 0.25) is 0 Å². The second kappa shape index (κ2) is 7.76. The molecule has 0 saturated carbocycles. The topological polar surface area (TPSA) is 96.3 Å². The molecule has 0 unspecified atom stereocenters. The molecule has 0 fully saturated rings. The molecule has 0 spiro atoms. The number of alkyl carbamates (subject to hydrolysis) is 1. The van der Waals surface area contributed by atoms with E-state index in [1.165, 1.54) is 32.9 Å². The Hall–Kier alpha value is -1.66. The van der Waals surface area contributed by atoms with Gasteiger partial charge in [-0.3, -0.25) is 0 Å². The summed E-state index contributed by atoms with van der Waals surface area (Å²) >= 11 is 3.22. The summed E-state index contributed by atoms with van der Waals surface area (Å²) in [6, 6.07) is 5.75. The van der Waals surface area contributed by atoms with Crippen LogP contribution in [0.5, 0.6) is 0 Å². The molecule has 0 radical (unpaired) electrons. The quantitative estimate of drug-likeness (QED) is 0.711. The van der Waals surface area contributed by atoms with E-state index in [9.17, 15) is 22.9 Å². The van der Waals surface area contributed by atoms with Crippen LogP contribution in [0, 0.1) is 17.1 Å². The summed E-state index contributed by atoms with van der Waals surface area (Å²) in [6.45, 7) is 8.85. The first-order valence-corrected chi connectivity index (χ1v) is 10.6. The second-order valence-electron chi connectivity index (χ2n) is 7.96. The predicted molar refractivity (Wildman–Crippen MR) is 104 cm³/mol. The smallest absolute Gasteiger partial charge is 0.408 e. The molecule has 1 N–H and O–H groups in total. The van der Waals surface area contributed by atoms with Crippen LogP contribution in [0.15, 0.2) is 22.7 Å². The molecule has 0 aromatic heterocycles. The van der Waals surface area contributed by atoms with Gasteiger partial charge in [-0.15, -0.1) is 0 Å². The standard InChI is InChI=1S/C18H24BrFN2O4S/c1-16(2,3)26-15(23)22-18(6,11-27(24,25)17(4,5)10-21)13-9-12(19)7-8-14(13)20/h7-9H,11H2,1-6H3,(H,22,23)/t18-/m0/s1. The zero-order valence-electron chi connectivity index (χ0n) is 16.2. The summed E-state index contributed by atoms with van der Waals surface area (Å²) in [5, 5.41) is 11.7. The average molecular weight is 463 g/mol. The molecule has 1 amide bonds. The first-order valence-electron chi connectivity index (χ1n) is 8.13. The van der Waals surface area contributed by atoms with Crippen LogP contribution in [0.1, 0.15) is 47.1 Å². The van der Waals surface area contributed by atoms with Crippen molar-refractivity contribution in [2.24, 2.45) is 0 Å². The largest absolute Gasteiger partial charge is 0.444 e. The zero-order valence-corrected chi connectivity index (χ0v) is 18.6. The van der Waals surface area contributed by atoms with Crippen LogP contribution in [0.3, 0.4) is 0 Å². The van der Waals surface area contributed by atoms with Crippen molar-refractivity contribution < 1.29 is 22.3 Å². The van der Waals surface area contributed by atoms with E-state index in [1.807, 2.05) is 0 Å². The minimum atomic E-state index is -4.05. The highest BCUT2D eigenvalue weighted by molar-refractivity contribution is 9.10. The van der Waals surface area contributed by atoms with Gasteiger partial charge in [0.15, 0.2) is 14.6 Å². The lowest BCUT2D eigenvalue weighted by atomic mass is 9.93. The van der Waals surface area contributed by atoms with Gasteiger partial charge >= 0.3 is 6.09 Å². The van der Waals surface area contributed by atoms with E-state index in [4.69, 9.17) is 4.74 Å². The van der Waals surface area contributed by atoms with E-state index in [0.717, 1.165) is 6.07 Å². The van der Waals surface area contributed by atoms with Crippen molar-refractivity contribution in [1.29, 1.82) is 5.26 Å². The molecular weight excluding hydrogens is 439 g/mol. The zero-order chi connectivity index (χ0) is 21.3. The number of nitriles is 1. The van der Waals surface area contributed by atoms with Crippen molar-refractivity contribution >= 4 is 31.9 Å². The molecule has 1 aromatic carbocycles. The third kappa shape index (κ3) is 5.91. The van der Waals surface area contributed by atoms with Gasteiger partial charge in [-0.2, -0.15) is 5.26 Å². The molecule has 0 saturated heterocycles. The molecule has 0 aliphatic rings. The lowest BCUT2D eigenvalue weighted by molar-refractivity contribution is 0.0470. The molecule has 9 heteroatoms. The number of carbonyl (C=O) groups excluding carboxylic acids is 1. The van der Waals surface area contributed by atoms with Crippen molar-refractivity contribution in [3.8, 4) is 6.07 Å². The minimum absolute atomic E-state index is 0.0416. The maximum Gasteiger partial charge on any atom is 0.408 e. The molecule has 1 aromatic rings. The monoisotopic (exact) mass is 462 g/mol. The summed E-state index contributed by atoms with van der Waals surface area (Å²) in [7, 11) is -4.05.